The Morgan fingerprint density at radius 2 is 1.85 bits per heavy atom. The molecule has 2 N–H and O–H groups in total. The molecule has 20 heavy (non-hydrogen) atoms. The Labute approximate surface area is 122 Å². The van der Waals surface area contributed by atoms with Crippen molar-refractivity contribution >= 4 is 16.0 Å². The molecular weight excluding hydrogens is 278 g/mol. The number of sulfonamides is 1. The molecule has 0 unspecified atom stereocenters. The smallest absolute Gasteiger partial charge is 0.303 e. The highest BCUT2D eigenvalue weighted by Crippen LogP contribution is 2.26. The molecule has 0 atom stereocenters. The van der Waals surface area contributed by atoms with Gasteiger partial charge in [-0.2, -0.15) is 0 Å². The van der Waals surface area contributed by atoms with E-state index in [1.807, 2.05) is 0 Å². The van der Waals surface area contributed by atoms with Crippen LogP contribution in [0, 0.1) is 5.92 Å². The molecule has 1 aliphatic rings. The molecule has 0 spiro atoms. The van der Waals surface area contributed by atoms with Crippen LogP contribution < -0.4 is 4.72 Å². The Kier molecular flexibility index (Phi) is 6.45. The minimum absolute atomic E-state index is 0.0296. The fraction of sp³-hybridized carbons (Fsp3) is 0.929. The van der Waals surface area contributed by atoms with Gasteiger partial charge in [0.15, 0.2) is 0 Å². The SMILES string of the molecule is CC(C)(CCC(=O)O)NS(=O)(=O)CCC1CCCCC1. The van der Waals surface area contributed by atoms with E-state index >= 15 is 0 Å². The molecule has 0 aromatic heterocycles. The van der Waals surface area contributed by atoms with Crippen molar-refractivity contribution in [2.24, 2.45) is 5.92 Å². The zero-order valence-electron chi connectivity index (χ0n) is 12.5. The van der Waals surface area contributed by atoms with E-state index in [1.165, 1.54) is 19.3 Å². The standard InChI is InChI=1S/C14H27NO4S/c1-14(2,10-8-13(16)17)15-20(18,19)11-9-12-6-4-3-5-7-12/h12,15H,3-11H2,1-2H3,(H,16,17). The number of carboxylic acids is 1. The quantitative estimate of drug-likeness (QED) is 0.722. The summed E-state index contributed by atoms with van der Waals surface area (Å²) in [4.78, 5) is 10.6. The summed E-state index contributed by atoms with van der Waals surface area (Å²) in [7, 11) is -3.33. The number of hydrogen-bond donors (Lipinski definition) is 2. The number of rotatable bonds is 8. The predicted molar refractivity (Wildman–Crippen MR) is 79.1 cm³/mol. The van der Waals surface area contributed by atoms with Crippen molar-refractivity contribution in [2.75, 3.05) is 5.75 Å². The van der Waals surface area contributed by atoms with Gasteiger partial charge in [-0.05, 0) is 32.6 Å². The van der Waals surface area contributed by atoms with Gasteiger partial charge in [-0.15, -0.1) is 0 Å². The molecule has 0 radical (unpaired) electrons. The van der Waals surface area contributed by atoms with Gasteiger partial charge in [0.1, 0.15) is 0 Å². The van der Waals surface area contributed by atoms with Crippen LogP contribution in [0.4, 0.5) is 0 Å². The van der Waals surface area contributed by atoms with Gasteiger partial charge in [0.05, 0.1) is 5.75 Å². The van der Waals surface area contributed by atoms with Crippen molar-refractivity contribution in [3.63, 3.8) is 0 Å². The Balaban J connectivity index is 2.40. The third-order valence-electron chi connectivity index (χ3n) is 3.92. The molecule has 0 bridgehead atoms. The summed E-state index contributed by atoms with van der Waals surface area (Å²) in [6.45, 7) is 3.46. The van der Waals surface area contributed by atoms with Crippen molar-refractivity contribution in [3.05, 3.63) is 0 Å². The van der Waals surface area contributed by atoms with Crippen LogP contribution in [-0.2, 0) is 14.8 Å². The maximum atomic E-state index is 12.1. The molecule has 0 aromatic carbocycles. The Morgan fingerprint density at radius 3 is 2.40 bits per heavy atom. The largest absolute Gasteiger partial charge is 0.481 e. The van der Waals surface area contributed by atoms with Crippen LogP contribution >= 0.6 is 0 Å². The van der Waals surface area contributed by atoms with Crippen LogP contribution in [0.3, 0.4) is 0 Å². The van der Waals surface area contributed by atoms with Crippen molar-refractivity contribution in [2.45, 2.75) is 70.8 Å². The van der Waals surface area contributed by atoms with Gasteiger partial charge < -0.3 is 5.11 Å². The molecule has 1 aliphatic carbocycles. The molecular formula is C14H27NO4S. The Morgan fingerprint density at radius 1 is 1.25 bits per heavy atom. The van der Waals surface area contributed by atoms with E-state index in [0.29, 0.717) is 18.8 Å². The third kappa shape index (κ3) is 7.24. The first-order chi connectivity index (χ1) is 9.20. The number of nitrogens with one attached hydrogen (secondary N) is 1. The van der Waals surface area contributed by atoms with E-state index in [9.17, 15) is 13.2 Å². The lowest BCUT2D eigenvalue weighted by molar-refractivity contribution is -0.137. The monoisotopic (exact) mass is 305 g/mol. The summed E-state index contributed by atoms with van der Waals surface area (Å²) >= 11 is 0. The minimum atomic E-state index is -3.33. The summed E-state index contributed by atoms with van der Waals surface area (Å²) < 4.78 is 26.8. The highest BCUT2D eigenvalue weighted by Gasteiger charge is 2.26. The highest BCUT2D eigenvalue weighted by atomic mass is 32.2. The topological polar surface area (TPSA) is 83.5 Å². The third-order valence-corrected chi connectivity index (χ3v) is 5.55. The van der Waals surface area contributed by atoms with Crippen LogP contribution in [0.2, 0.25) is 0 Å². The second-order valence-electron chi connectivity index (χ2n) is 6.49. The van der Waals surface area contributed by atoms with Crippen molar-refractivity contribution in [1.29, 1.82) is 0 Å². The number of carbonyl (C=O) groups is 1. The van der Waals surface area contributed by atoms with Crippen LogP contribution in [0.25, 0.3) is 0 Å². The van der Waals surface area contributed by atoms with Gasteiger partial charge in [0, 0.05) is 12.0 Å². The molecule has 1 saturated carbocycles. The maximum Gasteiger partial charge on any atom is 0.303 e. The van der Waals surface area contributed by atoms with E-state index in [2.05, 4.69) is 4.72 Å². The first kappa shape index (κ1) is 17.4. The van der Waals surface area contributed by atoms with Gasteiger partial charge in [-0.25, -0.2) is 13.1 Å². The molecule has 1 fully saturated rings. The van der Waals surface area contributed by atoms with Crippen molar-refractivity contribution < 1.29 is 18.3 Å². The molecule has 0 heterocycles. The Bertz CT molecular complexity index is 411. The lowest BCUT2D eigenvalue weighted by Gasteiger charge is -2.26. The highest BCUT2D eigenvalue weighted by molar-refractivity contribution is 7.89. The van der Waals surface area contributed by atoms with E-state index in [1.54, 1.807) is 13.8 Å². The summed E-state index contributed by atoms with van der Waals surface area (Å²) in [6.07, 6.45) is 6.94. The van der Waals surface area contributed by atoms with Gasteiger partial charge in [0.25, 0.3) is 0 Å². The Hall–Kier alpha value is -0.620. The second kappa shape index (κ2) is 7.41. The van der Waals surface area contributed by atoms with Crippen LogP contribution in [-0.4, -0.2) is 30.8 Å². The van der Waals surface area contributed by atoms with Crippen molar-refractivity contribution in [3.8, 4) is 0 Å². The second-order valence-corrected chi connectivity index (χ2v) is 8.33. The van der Waals surface area contributed by atoms with Gasteiger partial charge in [-0.3, -0.25) is 4.79 Å². The fourth-order valence-electron chi connectivity index (χ4n) is 2.74. The maximum absolute atomic E-state index is 12.1. The van der Waals surface area contributed by atoms with Crippen LogP contribution in [0.5, 0.6) is 0 Å². The molecule has 0 aromatic rings. The normalized spacial score (nSPS) is 18.1. The number of carboxylic acid groups (broad SMARTS) is 1. The van der Waals surface area contributed by atoms with Gasteiger partial charge in [-0.1, -0.05) is 32.1 Å². The van der Waals surface area contributed by atoms with E-state index < -0.39 is 21.5 Å². The molecule has 0 amide bonds. The minimum Gasteiger partial charge on any atom is -0.481 e. The molecule has 6 heteroatoms. The van der Waals surface area contributed by atoms with E-state index in [4.69, 9.17) is 5.11 Å². The van der Waals surface area contributed by atoms with E-state index in [-0.39, 0.29) is 12.2 Å². The fourth-order valence-corrected chi connectivity index (χ4v) is 4.43. The zero-order chi connectivity index (χ0) is 15.2. The molecule has 0 aliphatic heterocycles. The first-order valence-electron chi connectivity index (χ1n) is 7.44. The summed E-state index contributed by atoms with van der Waals surface area (Å²) in [5.41, 5.74) is -0.705. The lowest BCUT2D eigenvalue weighted by Crippen LogP contribution is -2.44. The molecule has 0 saturated heterocycles. The zero-order valence-corrected chi connectivity index (χ0v) is 13.3. The van der Waals surface area contributed by atoms with E-state index in [0.717, 1.165) is 12.8 Å². The molecule has 118 valence electrons. The first-order valence-corrected chi connectivity index (χ1v) is 9.09. The molecule has 5 nitrogen and oxygen atoms in total. The average Bonchev–Trinajstić information content (AvgIpc) is 2.34. The summed E-state index contributed by atoms with van der Waals surface area (Å²) in [5.74, 6) is -0.226. The predicted octanol–water partition coefficient (Wildman–Crippen LogP) is 2.52. The van der Waals surface area contributed by atoms with Crippen molar-refractivity contribution in [1.82, 2.24) is 4.72 Å². The van der Waals surface area contributed by atoms with Gasteiger partial charge >= 0.3 is 5.97 Å². The average molecular weight is 305 g/mol. The lowest BCUT2D eigenvalue weighted by atomic mass is 9.88. The number of aliphatic carboxylic acids is 1. The van der Waals surface area contributed by atoms with Gasteiger partial charge in [0.2, 0.25) is 10.0 Å². The van der Waals surface area contributed by atoms with Crippen LogP contribution in [0.1, 0.15) is 65.2 Å². The molecule has 1 rings (SSSR count). The number of hydrogen-bond acceptors (Lipinski definition) is 3. The summed E-state index contributed by atoms with van der Waals surface area (Å²) in [5, 5.41) is 8.67. The van der Waals surface area contributed by atoms with Crippen LogP contribution in [0.15, 0.2) is 0 Å². The summed E-state index contributed by atoms with van der Waals surface area (Å²) in [6, 6.07) is 0.